The van der Waals surface area contributed by atoms with Gasteiger partial charge in [0, 0.05) is 80.0 Å². The maximum Gasteiger partial charge on any atom is 0.0606 e. The summed E-state index contributed by atoms with van der Waals surface area (Å²) in [6.07, 6.45) is 0. The number of benzene rings is 4. The summed E-state index contributed by atoms with van der Waals surface area (Å²) in [6.45, 7) is 11.3. The molecule has 4 aromatic carbocycles. The molecule has 0 bridgehead atoms. The van der Waals surface area contributed by atoms with Gasteiger partial charge in [-0.25, -0.2) is 0 Å². The number of hydrogen-bond acceptors (Lipinski definition) is 5. The van der Waals surface area contributed by atoms with Crippen LogP contribution in [0.1, 0.15) is 39.3 Å². The molecule has 46 heavy (non-hydrogen) atoms. The van der Waals surface area contributed by atoms with E-state index in [1.165, 1.54) is 33.8 Å². The second kappa shape index (κ2) is 28.9. The van der Waals surface area contributed by atoms with Crippen molar-refractivity contribution >= 4 is 31.9 Å². The topological polar surface area (TPSA) is 33.2 Å². The number of para-hydroxylation sites is 1. The minimum Gasteiger partial charge on any atom is -0.395 e. The molecule has 0 spiro atoms. The maximum atomic E-state index is 8.71. The Balaban J connectivity index is -0.000000531. The molecule has 1 atom stereocenters. The minimum absolute atomic E-state index is 0. The van der Waals surface area contributed by atoms with Crippen LogP contribution in [0.5, 0.6) is 0 Å². The number of hydrogen-bond donors (Lipinski definition) is 1. The van der Waals surface area contributed by atoms with Gasteiger partial charge in [0.15, 0.2) is 0 Å². The van der Waals surface area contributed by atoms with Gasteiger partial charge in [-0.15, -0.1) is 9.18 Å². The maximum absolute atomic E-state index is 8.71. The summed E-state index contributed by atoms with van der Waals surface area (Å²) in [5.74, 6) is 0. The lowest BCUT2D eigenvalue weighted by Gasteiger charge is -2.17. The molecule has 0 aliphatic heterocycles. The van der Waals surface area contributed by atoms with Crippen LogP contribution < -0.4 is 19.6 Å². The van der Waals surface area contributed by atoms with Crippen molar-refractivity contribution < 1.29 is 6.48 Å². The molecule has 0 saturated heterocycles. The fourth-order valence-corrected chi connectivity index (χ4v) is 3.49. The van der Waals surface area contributed by atoms with Crippen molar-refractivity contribution in [2.75, 3.05) is 88.7 Å². The van der Waals surface area contributed by atoms with Crippen molar-refractivity contribution in [2.45, 2.75) is 42.0 Å². The molecule has 4 rings (SSSR count). The Hall–Kier alpha value is -3.53. The molecule has 1 unspecified atom stereocenters. The van der Waals surface area contributed by atoms with E-state index in [0.717, 1.165) is 5.69 Å². The van der Waals surface area contributed by atoms with Crippen molar-refractivity contribution in [3.8, 4) is 0 Å². The molecule has 5 nitrogen and oxygen atoms in total. The molecule has 1 N–H and O–H groups in total. The van der Waals surface area contributed by atoms with Crippen molar-refractivity contribution in [1.29, 1.82) is 1.28 Å². The van der Waals surface area contributed by atoms with Gasteiger partial charge in [-0.3, -0.25) is 0 Å². The van der Waals surface area contributed by atoms with E-state index in [2.05, 4.69) is 120 Å². The van der Waals surface area contributed by atoms with Gasteiger partial charge in [0.25, 0.3) is 0 Å². The van der Waals surface area contributed by atoms with Crippen molar-refractivity contribution in [3.05, 3.63) is 120 Å². The van der Waals surface area contributed by atoms with Crippen LogP contribution in [0, 0.1) is 20.8 Å². The number of aliphatic hydroxyl groups is 1. The zero-order valence-corrected chi connectivity index (χ0v) is 31.2. The van der Waals surface area contributed by atoms with E-state index < -0.39 is 0 Å². The smallest absolute Gasteiger partial charge is 0.0606 e. The molecule has 0 aromatic heterocycles. The van der Waals surface area contributed by atoms with Crippen LogP contribution >= 0.6 is 9.18 Å². The molecule has 258 valence electrons. The Bertz CT molecular complexity index is 1190. The molecule has 4 aromatic rings. The fraction of sp³-hybridized carbons (Fsp3) is 0.400. The summed E-state index contributed by atoms with van der Waals surface area (Å²) in [5.41, 5.74) is 8.79. The predicted molar refractivity (Wildman–Crippen MR) is 217 cm³/mol. The quantitative estimate of drug-likeness (QED) is 0.210. The van der Waals surface area contributed by atoms with Crippen LogP contribution in [0.15, 0.2) is 103 Å². The van der Waals surface area contributed by atoms with E-state index in [-0.39, 0.29) is 14.0 Å². The van der Waals surface area contributed by atoms with Gasteiger partial charge in [0.05, 0.1) is 7.89 Å². The summed E-state index contributed by atoms with van der Waals surface area (Å²) in [7, 11) is 14.6. The third-order valence-electron chi connectivity index (χ3n) is 6.28. The van der Waals surface area contributed by atoms with Crippen LogP contribution in [0.3, 0.4) is 0 Å². The van der Waals surface area contributed by atoms with E-state index in [0.29, 0.717) is 22.6 Å². The van der Waals surface area contributed by atoms with Crippen LogP contribution in [-0.2, 0) is 0 Å². The second-order valence-corrected chi connectivity index (χ2v) is 10.7. The first kappa shape index (κ1) is 42.5. The third-order valence-corrected chi connectivity index (χ3v) is 6.28. The second-order valence-electron chi connectivity index (χ2n) is 10.7. The number of rotatable bonds is 6. The van der Waals surface area contributed by atoms with Crippen molar-refractivity contribution in [3.63, 3.8) is 0 Å². The average Bonchev–Trinajstić information content (AvgIpc) is 3.04. The number of aryl methyl sites for hydroxylation is 3. The molecule has 0 heterocycles. The summed E-state index contributed by atoms with van der Waals surface area (Å²) in [4.78, 5) is 8.30. The standard InChI is InChI=1S/C10H15NO.2C9H13N.C8H11N.C2H6.CH5P.CH4/c1-9-3-5-10(6-4-9)11(2)7-8-12;2*1-8-4-6-9(7-5-8)10(2)3;1-9(2)8-6-4-3-5-7-8;2*1-2;/h3-6,12H,7-8H2,1-2H3;2*4-7H,1-3H3;3-7H,1-2H3;1-2H3;2H2,1H3;1H4/i;;;;1D;2T;. The number of aliphatic hydroxyl groups excluding tert-OH is 1. The van der Waals surface area contributed by atoms with Gasteiger partial charge in [0.1, 0.15) is 0 Å². The summed E-state index contributed by atoms with van der Waals surface area (Å²) in [5, 5.41) is 8.71. The molecule has 0 fully saturated rings. The minimum atomic E-state index is 0. The van der Waals surface area contributed by atoms with Gasteiger partial charge >= 0.3 is 0 Å². The Morgan fingerprint density at radius 1 is 0.587 bits per heavy atom. The highest BCUT2D eigenvalue weighted by Crippen LogP contribution is 2.13. The highest BCUT2D eigenvalue weighted by atomic mass is 31.0. The average molecular weight is 654 g/mol. The van der Waals surface area contributed by atoms with E-state index in [4.69, 9.17) is 7.76 Å². The fourth-order valence-electron chi connectivity index (χ4n) is 3.49. The van der Waals surface area contributed by atoms with Gasteiger partial charge < -0.3 is 24.7 Å². The molecule has 0 radical (unpaired) electrons. The lowest BCUT2D eigenvalue weighted by atomic mass is 10.2. The normalized spacial score (nSPS) is 9.59. The Kier molecular flexibility index (Phi) is 26.7. The summed E-state index contributed by atoms with van der Waals surface area (Å²) >= 11 is 0. The predicted octanol–water partition coefficient (Wildman–Crippen LogP) is 9.45. The van der Waals surface area contributed by atoms with Crippen molar-refractivity contribution in [1.82, 2.24) is 0 Å². The van der Waals surface area contributed by atoms with Crippen LogP contribution in [-0.4, -0.2) is 75.5 Å². The first-order chi connectivity index (χ1) is 22.3. The Morgan fingerprint density at radius 2 is 0.848 bits per heavy atom. The molecule has 0 aliphatic rings. The van der Waals surface area contributed by atoms with Gasteiger partial charge in [0.2, 0.25) is 0 Å². The first-order valence-corrected chi connectivity index (χ1v) is 16.2. The number of anilines is 4. The monoisotopic (exact) mass is 654 g/mol. The Morgan fingerprint density at radius 3 is 1.09 bits per heavy atom. The number of nitrogens with zero attached hydrogens (tertiary/aromatic N) is 4. The summed E-state index contributed by atoms with van der Waals surface area (Å²) < 4.78 is 12.4. The van der Waals surface area contributed by atoms with E-state index in [9.17, 15) is 0 Å². The highest BCUT2D eigenvalue weighted by molar-refractivity contribution is 7.15. The van der Waals surface area contributed by atoms with E-state index in [1.54, 1.807) is 6.92 Å². The van der Waals surface area contributed by atoms with Gasteiger partial charge in [-0.1, -0.05) is 99.2 Å². The number of likely N-dealkylation sites (N-methyl/N-ethyl adjacent to an activating group) is 1. The molecule has 0 aliphatic carbocycles. The lowest BCUT2D eigenvalue weighted by Crippen LogP contribution is -2.20. The largest absolute Gasteiger partial charge is 0.395 e. The van der Waals surface area contributed by atoms with Crippen LogP contribution in [0.25, 0.3) is 0 Å². The third kappa shape index (κ3) is 22.1. The zero-order valence-electron chi connectivity index (χ0n) is 32.2. The highest BCUT2D eigenvalue weighted by Gasteiger charge is 1.97. The van der Waals surface area contributed by atoms with E-state index in [1.807, 2.05) is 79.1 Å². The molecule has 6 heteroatoms. The van der Waals surface area contributed by atoms with Crippen LogP contribution in [0.2, 0.25) is 0 Å². The molecule has 0 saturated carbocycles. The van der Waals surface area contributed by atoms with Crippen LogP contribution in [0.4, 0.5) is 22.7 Å². The summed E-state index contributed by atoms with van der Waals surface area (Å²) in [6, 6.07) is 35.5. The Labute approximate surface area is 289 Å². The SMILES string of the molecule is C.CN(C)c1ccccc1.Cc1ccc(N(C)C)cc1.Cc1ccc(N(C)C)cc1.Cc1ccc(N(C)CCO)cc1.[2H]CC.[3H]PC. The zero-order chi connectivity index (χ0) is 36.2. The molecular formula is C40H67N4OP. The van der Waals surface area contributed by atoms with E-state index >= 15 is 0 Å². The van der Waals surface area contributed by atoms with Gasteiger partial charge in [-0.2, -0.15) is 0 Å². The molecule has 0 amide bonds. The molecular weight excluding hydrogens is 583 g/mol. The lowest BCUT2D eigenvalue weighted by molar-refractivity contribution is 0.304. The van der Waals surface area contributed by atoms with Gasteiger partial charge in [-0.05, 0) is 69.3 Å². The first-order valence-electron chi connectivity index (χ1n) is 16.4. The van der Waals surface area contributed by atoms with Crippen molar-refractivity contribution in [2.24, 2.45) is 0 Å².